The Labute approximate surface area is 167 Å². The summed E-state index contributed by atoms with van der Waals surface area (Å²) < 4.78 is 31.8. The van der Waals surface area contributed by atoms with Gasteiger partial charge in [-0.05, 0) is 44.9 Å². The van der Waals surface area contributed by atoms with Crippen LogP contribution < -0.4 is 15.4 Å². The van der Waals surface area contributed by atoms with E-state index in [4.69, 9.17) is 11.6 Å². The zero-order valence-corrected chi connectivity index (χ0v) is 16.5. The van der Waals surface area contributed by atoms with Gasteiger partial charge in [-0.15, -0.1) is 0 Å². The van der Waals surface area contributed by atoms with Gasteiger partial charge in [0.1, 0.15) is 17.4 Å². The molecular formula is C18H23ClF2N6O. The highest BCUT2D eigenvalue weighted by Crippen LogP contribution is 2.26. The third-order valence-corrected chi connectivity index (χ3v) is 4.52. The van der Waals surface area contributed by atoms with Gasteiger partial charge in [0.25, 0.3) is 0 Å². The van der Waals surface area contributed by atoms with Gasteiger partial charge in [0, 0.05) is 23.7 Å². The van der Waals surface area contributed by atoms with Crippen LogP contribution in [0.25, 0.3) is 0 Å². The minimum atomic E-state index is -2.91. The molecule has 2 heterocycles. The SMILES string of the molecule is CCNC(=NCc1cc(Cl)ccc1OC(F)F)NC1CCCn2nc(C)nc21. The van der Waals surface area contributed by atoms with Crippen LogP contribution in [0.1, 0.15) is 43.0 Å². The molecule has 1 aromatic carbocycles. The van der Waals surface area contributed by atoms with Gasteiger partial charge in [0.15, 0.2) is 5.96 Å². The van der Waals surface area contributed by atoms with Crippen molar-refractivity contribution in [1.82, 2.24) is 25.4 Å². The molecule has 0 bridgehead atoms. The number of benzene rings is 1. The van der Waals surface area contributed by atoms with Crippen molar-refractivity contribution in [2.24, 2.45) is 4.99 Å². The highest BCUT2D eigenvalue weighted by molar-refractivity contribution is 6.30. The Morgan fingerprint density at radius 2 is 2.29 bits per heavy atom. The Balaban J connectivity index is 1.78. The summed E-state index contributed by atoms with van der Waals surface area (Å²) >= 11 is 6.00. The first kappa shape index (κ1) is 20.3. The summed E-state index contributed by atoms with van der Waals surface area (Å²) in [5, 5.41) is 11.4. The van der Waals surface area contributed by atoms with Gasteiger partial charge in [0.05, 0.1) is 12.6 Å². The highest BCUT2D eigenvalue weighted by Gasteiger charge is 2.24. The number of guanidine groups is 1. The van der Waals surface area contributed by atoms with Gasteiger partial charge < -0.3 is 15.4 Å². The molecule has 1 unspecified atom stereocenters. The summed E-state index contributed by atoms with van der Waals surface area (Å²) in [5.41, 5.74) is 0.479. The smallest absolute Gasteiger partial charge is 0.387 e. The topological polar surface area (TPSA) is 76.4 Å². The molecule has 1 aliphatic rings. The largest absolute Gasteiger partial charge is 0.434 e. The molecule has 7 nitrogen and oxygen atoms in total. The maximum absolute atomic E-state index is 12.6. The minimum absolute atomic E-state index is 0.0242. The Morgan fingerprint density at radius 3 is 3.04 bits per heavy atom. The van der Waals surface area contributed by atoms with E-state index in [2.05, 4.69) is 30.4 Å². The van der Waals surface area contributed by atoms with Gasteiger partial charge >= 0.3 is 6.61 Å². The molecule has 3 rings (SSSR count). The van der Waals surface area contributed by atoms with E-state index in [1.54, 1.807) is 6.07 Å². The lowest BCUT2D eigenvalue weighted by Crippen LogP contribution is -2.41. The number of nitrogens with one attached hydrogen (secondary N) is 2. The molecule has 10 heteroatoms. The first-order valence-electron chi connectivity index (χ1n) is 9.15. The summed E-state index contributed by atoms with van der Waals surface area (Å²) in [6.45, 7) is 2.54. The number of halogens is 3. The van der Waals surface area contributed by atoms with Crippen molar-refractivity contribution in [3.8, 4) is 5.75 Å². The summed E-state index contributed by atoms with van der Waals surface area (Å²) in [4.78, 5) is 9.03. The maximum Gasteiger partial charge on any atom is 0.387 e. The summed E-state index contributed by atoms with van der Waals surface area (Å²) in [5.74, 6) is 2.23. The molecule has 152 valence electrons. The van der Waals surface area contributed by atoms with Crippen molar-refractivity contribution < 1.29 is 13.5 Å². The van der Waals surface area contributed by atoms with Gasteiger partial charge in [-0.25, -0.2) is 14.7 Å². The molecule has 0 aliphatic carbocycles. The molecule has 0 radical (unpaired) electrons. The summed E-state index contributed by atoms with van der Waals surface area (Å²) in [6, 6.07) is 4.48. The minimum Gasteiger partial charge on any atom is -0.434 e. The number of nitrogens with zero attached hydrogens (tertiary/aromatic N) is 4. The predicted molar refractivity (Wildman–Crippen MR) is 103 cm³/mol. The van der Waals surface area contributed by atoms with Crippen molar-refractivity contribution >= 4 is 17.6 Å². The van der Waals surface area contributed by atoms with E-state index in [0.717, 1.165) is 31.0 Å². The summed E-state index contributed by atoms with van der Waals surface area (Å²) in [6.07, 6.45) is 1.88. The average molecular weight is 413 g/mol. The number of alkyl halides is 2. The zero-order chi connectivity index (χ0) is 20.1. The Hall–Kier alpha value is -2.42. The third kappa shape index (κ3) is 5.09. The van der Waals surface area contributed by atoms with E-state index < -0.39 is 6.61 Å². The van der Waals surface area contributed by atoms with Crippen LogP contribution in [0.2, 0.25) is 5.02 Å². The van der Waals surface area contributed by atoms with Crippen LogP contribution in [0.5, 0.6) is 5.75 Å². The third-order valence-electron chi connectivity index (χ3n) is 4.28. The van der Waals surface area contributed by atoms with E-state index in [-0.39, 0.29) is 18.3 Å². The number of fused-ring (bicyclic) bond motifs is 1. The Kier molecular flexibility index (Phi) is 6.66. The first-order valence-corrected chi connectivity index (χ1v) is 9.53. The Morgan fingerprint density at radius 1 is 1.46 bits per heavy atom. The molecule has 28 heavy (non-hydrogen) atoms. The van der Waals surface area contributed by atoms with Gasteiger partial charge in [-0.2, -0.15) is 13.9 Å². The lowest BCUT2D eigenvalue weighted by atomic mass is 10.1. The van der Waals surface area contributed by atoms with E-state index in [1.165, 1.54) is 12.1 Å². The van der Waals surface area contributed by atoms with E-state index in [0.29, 0.717) is 23.1 Å². The molecule has 2 aromatic rings. The van der Waals surface area contributed by atoms with Crippen LogP contribution in [0.3, 0.4) is 0 Å². The Bertz CT molecular complexity index is 841. The van der Waals surface area contributed by atoms with Gasteiger partial charge in [-0.3, -0.25) is 0 Å². The fourth-order valence-corrected chi connectivity index (χ4v) is 3.33. The van der Waals surface area contributed by atoms with Crippen LogP contribution in [0.4, 0.5) is 8.78 Å². The maximum atomic E-state index is 12.6. The van der Waals surface area contributed by atoms with Crippen molar-refractivity contribution in [2.45, 2.75) is 52.4 Å². The molecular weight excluding hydrogens is 390 g/mol. The highest BCUT2D eigenvalue weighted by atomic mass is 35.5. The normalized spacial score (nSPS) is 16.8. The van der Waals surface area contributed by atoms with Gasteiger partial charge in [-0.1, -0.05) is 11.6 Å². The standard InChI is InChI=1S/C18H23ClF2N6O/c1-3-22-18(25-14-5-4-8-27-16(14)24-11(2)26-27)23-10-12-9-13(19)6-7-15(12)28-17(20)21/h6-7,9,14,17H,3-5,8,10H2,1-2H3,(H2,22,23,25). The second kappa shape index (κ2) is 9.18. The number of aliphatic imine (C=N–C) groups is 1. The fraction of sp³-hybridized carbons (Fsp3) is 0.500. The number of ether oxygens (including phenoxy) is 1. The molecule has 1 aliphatic heterocycles. The van der Waals surface area contributed by atoms with Crippen LogP contribution in [0, 0.1) is 6.92 Å². The van der Waals surface area contributed by atoms with Crippen LogP contribution >= 0.6 is 11.6 Å². The lowest BCUT2D eigenvalue weighted by molar-refractivity contribution is -0.0504. The fourth-order valence-electron chi connectivity index (χ4n) is 3.14. The summed E-state index contributed by atoms with van der Waals surface area (Å²) in [7, 11) is 0. The number of hydrogen-bond acceptors (Lipinski definition) is 4. The number of rotatable bonds is 6. The molecule has 2 N–H and O–H groups in total. The van der Waals surface area contributed by atoms with E-state index in [9.17, 15) is 8.78 Å². The van der Waals surface area contributed by atoms with Crippen molar-refractivity contribution in [1.29, 1.82) is 0 Å². The number of hydrogen-bond donors (Lipinski definition) is 2. The number of aryl methyl sites for hydroxylation is 2. The van der Waals surface area contributed by atoms with Crippen molar-refractivity contribution in [3.05, 3.63) is 40.4 Å². The first-order chi connectivity index (χ1) is 13.5. The van der Waals surface area contributed by atoms with Crippen LogP contribution in [-0.2, 0) is 13.1 Å². The van der Waals surface area contributed by atoms with E-state index >= 15 is 0 Å². The molecule has 0 spiro atoms. The second-order valence-electron chi connectivity index (χ2n) is 6.41. The zero-order valence-electron chi connectivity index (χ0n) is 15.8. The molecule has 0 amide bonds. The van der Waals surface area contributed by atoms with E-state index in [1.807, 2.05) is 18.5 Å². The molecule has 0 saturated carbocycles. The molecule has 1 atom stereocenters. The predicted octanol–water partition coefficient (Wildman–Crippen LogP) is 3.43. The van der Waals surface area contributed by atoms with Crippen molar-refractivity contribution in [2.75, 3.05) is 6.54 Å². The molecule has 1 aromatic heterocycles. The number of aromatic nitrogens is 3. The van der Waals surface area contributed by atoms with Crippen molar-refractivity contribution in [3.63, 3.8) is 0 Å². The lowest BCUT2D eigenvalue weighted by Gasteiger charge is -2.25. The van der Waals surface area contributed by atoms with Gasteiger partial charge in [0.2, 0.25) is 0 Å². The molecule has 0 fully saturated rings. The monoisotopic (exact) mass is 412 g/mol. The molecule has 0 saturated heterocycles. The van der Waals surface area contributed by atoms with Crippen LogP contribution in [-0.4, -0.2) is 33.9 Å². The second-order valence-corrected chi connectivity index (χ2v) is 6.84. The van der Waals surface area contributed by atoms with Crippen LogP contribution in [0.15, 0.2) is 23.2 Å². The average Bonchev–Trinajstić information content (AvgIpc) is 3.02. The quantitative estimate of drug-likeness (QED) is 0.561.